The van der Waals surface area contributed by atoms with E-state index in [1.54, 1.807) is 0 Å². The SMILES string of the molecule is CCc1cc(C[C@@H](CC(=O)N2CCC(n3nc(-c4ccccc4)[nH]c3=O)CC2)C(=O)N2CCC(C3CCNCC3)CC2)cc(Cl)c1N. The van der Waals surface area contributed by atoms with Gasteiger partial charge >= 0.3 is 5.69 Å². The summed E-state index contributed by atoms with van der Waals surface area (Å²) in [5, 5.41) is 8.53. The lowest BCUT2D eigenvalue weighted by atomic mass is 9.79. The highest BCUT2D eigenvalue weighted by Gasteiger charge is 2.35. The van der Waals surface area contributed by atoms with E-state index < -0.39 is 5.92 Å². The fourth-order valence-electron chi connectivity index (χ4n) is 7.85. The number of amides is 2. The minimum atomic E-state index is -0.484. The lowest BCUT2D eigenvalue weighted by molar-refractivity contribution is -0.143. The van der Waals surface area contributed by atoms with E-state index in [4.69, 9.17) is 17.3 Å². The first kappa shape index (κ1) is 33.3. The number of nitrogens with two attached hydrogens (primary N) is 1. The molecule has 1 atom stereocenters. The summed E-state index contributed by atoms with van der Waals surface area (Å²) in [4.78, 5) is 47.4. The first-order valence-electron chi connectivity index (χ1n) is 17.4. The van der Waals surface area contributed by atoms with Gasteiger partial charge in [0, 0.05) is 38.2 Å². The number of hydrogen-bond donors (Lipinski definition) is 3. The number of benzene rings is 2. The Kier molecular flexibility index (Phi) is 10.7. The standard InChI is InChI=1S/C36H48ClN7O3/c1-2-25-20-24(22-31(37)33(25)38)21-29(35(46)43-16-10-27(11-17-43)26-8-14-39-15-9-26)23-32(45)42-18-12-30(13-19-42)44-36(47)40-34(41-44)28-6-4-3-5-7-28/h3-7,20,22,26-27,29-30,39H,2,8-19,21,23,38H2,1H3,(H,40,41,47)/t29-/m0/s1. The molecule has 10 nitrogen and oxygen atoms in total. The van der Waals surface area contributed by atoms with Gasteiger partial charge in [0.2, 0.25) is 11.8 Å². The summed E-state index contributed by atoms with van der Waals surface area (Å²) in [6, 6.07) is 13.4. The molecule has 252 valence electrons. The van der Waals surface area contributed by atoms with Gasteiger partial charge in [-0.3, -0.25) is 14.6 Å². The monoisotopic (exact) mass is 661 g/mol. The van der Waals surface area contributed by atoms with Crippen molar-refractivity contribution in [2.45, 2.75) is 70.8 Å². The van der Waals surface area contributed by atoms with Crippen LogP contribution in [0.4, 0.5) is 5.69 Å². The van der Waals surface area contributed by atoms with Crippen molar-refractivity contribution >= 4 is 29.1 Å². The van der Waals surface area contributed by atoms with Crippen LogP contribution in [0.3, 0.4) is 0 Å². The normalized spacial score (nSPS) is 19.2. The Morgan fingerprint density at radius 3 is 2.30 bits per heavy atom. The number of carbonyl (C=O) groups is 2. The minimum absolute atomic E-state index is 0.0250. The van der Waals surface area contributed by atoms with Crippen molar-refractivity contribution in [2.75, 3.05) is 45.0 Å². The molecule has 0 unspecified atom stereocenters. The molecule has 11 heteroatoms. The van der Waals surface area contributed by atoms with Crippen LogP contribution in [0.5, 0.6) is 0 Å². The second-order valence-corrected chi connectivity index (χ2v) is 14.0. The zero-order valence-corrected chi connectivity index (χ0v) is 28.2. The molecule has 3 saturated heterocycles. The number of nitrogens with one attached hydrogen (secondary N) is 2. The number of nitrogens with zero attached hydrogens (tertiary/aromatic N) is 4. The van der Waals surface area contributed by atoms with E-state index in [0.29, 0.717) is 54.8 Å². The maximum atomic E-state index is 14.1. The van der Waals surface area contributed by atoms with Crippen molar-refractivity contribution in [3.05, 3.63) is 69.1 Å². The molecule has 1 aromatic heterocycles. The summed E-state index contributed by atoms with van der Waals surface area (Å²) in [5.74, 6) is 1.49. The number of likely N-dealkylation sites (tertiary alicyclic amines) is 2. The van der Waals surface area contributed by atoms with Gasteiger partial charge in [-0.1, -0.05) is 54.9 Å². The van der Waals surface area contributed by atoms with Crippen LogP contribution in [-0.4, -0.2) is 75.6 Å². The molecule has 0 spiro atoms. The van der Waals surface area contributed by atoms with Gasteiger partial charge in [0.05, 0.1) is 22.7 Å². The number of piperidine rings is 3. The van der Waals surface area contributed by atoms with Gasteiger partial charge in [-0.15, -0.1) is 5.10 Å². The van der Waals surface area contributed by atoms with Crippen LogP contribution in [0, 0.1) is 17.8 Å². The van der Waals surface area contributed by atoms with Gasteiger partial charge in [-0.25, -0.2) is 9.48 Å². The molecule has 3 aliphatic heterocycles. The lowest BCUT2D eigenvalue weighted by Gasteiger charge is -2.39. The number of rotatable bonds is 9. The van der Waals surface area contributed by atoms with Gasteiger partial charge in [-0.05, 0) is 93.5 Å². The van der Waals surface area contributed by atoms with E-state index in [-0.39, 0.29) is 30.0 Å². The third-order valence-electron chi connectivity index (χ3n) is 10.7. The molecule has 3 aromatic rings. The van der Waals surface area contributed by atoms with E-state index in [0.717, 1.165) is 68.0 Å². The third kappa shape index (κ3) is 7.75. The van der Waals surface area contributed by atoms with Crippen LogP contribution in [-0.2, 0) is 22.4 Å². The molecular weight excluding hydrogens is 614 g/mol. The number of nitrogen functional groups attached to an aromatic ring is 1. The van der Waals surface area contributed by atoms with Gasteiger partial charge in [-0.2, -0.15) is 0 Å². The Morgan fingerprint density at radius 1 is 0.957 bits per heavy atom. The van der Waals surface area contributed by atoms with Crippen LogP contribution in [0.15, 0.2) is 47.3 Å². The smallest absolute Gasteiger partial charge is 0.343 e. The third-order valence-corrected chi connectivity index (χ3v) is 11.0. The number of anilines is 1. The van der Waals surface area contributed by atoms with E-state index in [2.05, 4.69) is 15.4 Å². The molecule has 0 radical (unpaired) electrons. The molecule has 2 aromatic carbocycles. The molecule has 2 amide bonds. The molecule has 0 aliphatic carbocycles. The Hall–Kier alpha value is -3.63. The summed E-state index contributed by atoms with van der Waals surface area (Å²) < 4.78 is 1.53. The van der Waals surface area contributed by atoms with Crippen LogP contribution in [0.1, 0.15) is 69.0 Å². The Labute approximate surface area is 282 Å². The molecule has 6 rings (SSSR count). The minimum Gasteiger partial charge on any atom is -0.397 e. The van der Waals surface area contributed by atoms with Gasteiger partial charge in [0.1, 0.15) is 0 Å². The van der Waals surface area contributed by atoms with Gasteiger partial charge in [0.25, 0.3) is 0 Å². The maximum absolute atomic E-state index is 14.1. The summed E-state index contributed by atoms with van der Waals surface area (Å²) in [5.41, 5.74) is 9.30. The fraction of sp³-hybridized carbons (Fsp3) is 0.556. The largest absolute Gasteiger partial charge is 0.397 e. The molecule has 3 fully saturated rings. The molecule has 3 aliphatic rings. The highest BCUT2D eigenvalue weighted by Crippen LogP contribution is 2.33. The number of aryl methyl sites for hydroxylation is 1. The van der Waals surface area contributed by atoms with E-state index in [9.17, 15) is 14.4 Å². The zero-order valence-electron chi connectivity index (χ0n) is 27.4. The van der Waals surface area contributed by atoms with Crippen LogP contribution < -0.4 is 16.7 Å². The number of carbonyl (C=O) groups excluding carboxylic acids is 2. The second-order valence-electron chi connectivity index (χ2n) is 13.6. The van der Waals surface area contributed by atoms with Crippen molar-refractivity contribution in [1.82, 2.24) is 29.9 Å². The van der Waals surface area contributed by atoms with E-state index >= 15 is 0 Å². The highest BCUT2D eigenvalue weighted by molar-refractivity contribution is 6.33. The maximum Gasteiger partial charge on any atom is 0.343 e. The lowest BCUT2D eigenvalue weighted by Crippen LogP contribution is -2.46. The average Bonchev–Trinajstić information content (AvgIpc) is 3.51. The van der Waals surface area contributed by atoms with E-state index in [1.165, 1.54) is 17.5 Å². The second kappa shape index (κ2) is 15.1. The zero-order chi connectivity index (χ0) is 32.9. The number of aromatic nitrogens is 3. The molecule has 0 bridgehead atoms. The summed E-state index contributed by atoms with van der Waals surface area (Å²) in [6.45, 7) is 6.73. The van der Waals surface area contributed by atoms with Gasteiger partial charge in [0.15, 0.2) is 5.82 Å². The van der Waals surface area contributed by atoms with Crippen LogP contribution >= 0.6 is 11.6 Å². The van der Waals surface area contributed by atoms with Crippen molar-refractivity contribution in [2.24, 2.45) is 17.8 Å². The molecule has 4 heterocycles. The van der Waals surface area contributed by atoms with Crippen molar-refractivity contribution in [3.8, 4) is 11.4 Å². The molecule has 0 saturated carbocycles. The highest BCUT2D eigenvalue weighted by atomic mass is 35.5. The Bertz CT molecular complexity index is 1580. The average molecular weight is 662 g/mol. The fourth-order valence-corrected chi connectivity index (χ4v) is 8.12. The van der Waals surface area contributed by atoms with Crippen molar-refractivity contribution in [3.63, 3.8) is 0 Å². The first-order chi connectivity index (χ1) is 22.8. The summed E-state index contributed by atoms with van der Waals surface area (Å²) in [6.07, 6.45) is 7.05. The molecule has 4 N–H and O–H groups in total. The predicted molar refractivity (Wildman–Crippen MR) is 185 cm³/mol. The Balaban J connectivity index is 1.12. The quantitative estimate of drug-likeness (QED) is 0.286. The molecule has 47 heavy (non-hydrogen) atoms. The number of halogens is 1. The summed E-state index contributed by atoms with van der Waals surface area (Å²) in [7, 11) is 0. The van der Waals surface area contributed by atoms with Gasteiger partial charge < -0.3 is 20.9 Å². The Morgan fingerprint density at radius 2 is 1.62 bits per heavy atom. The summed E-state index contributed by atoms with van der Waals surface area (Å²) >= 11 is 6.51. The molecular formula is C36H48ClN7O3. The predicted octanol–water partition coefficient (Wildman–Crippen LogP) is 4.69. The van der Waals surface area contributed by atoms with Crippen LogP contribution in [0.2, 0.25) is 5.02 Å². The van der Waals surface area contributed by atoms with Crippen molar-refractivity contribution in [1.29, 1.82) is 0 Å². The first-order valence-corrected chi connectivity index (χ1v) is 17.8. The number of H-pyrrole nitrogens is 1. The van der Waals surface area contributed by atoms with Crippen LogP contribution in [0.25, 0.3) is 11.4 Å². The number of aromatic amines is 1. The topological polar surface area (TPSA) is 129 Å². The van der Waals surface area contributed by atoms with Crippen molar-refractivity contribution < 1.29 is 9.59 Å². The number of hydrogen-bond acceptors (Lipinski definition) is 6. The van der Waals surface area contributed by atoms with E-state index in [1.807, 2.05) is 59.2 Å².